The first kappa shape index (κ1) is 18.0. The minimum Gasteiger partial charge on any atom is -0.324 e. The molecule has 1 aromatic heterocycles. The van der Waals surface area contributed by atoms with Gasteiger partial charge in [-0.1, -0.05) is 18.2 Å². The summed E-state index contributed by atoms with van der Waals surface area (Å²) in [6.45, 7) is 3.07. The summed E-state index contributed by atoms with van der Waals surface area (Å²) in [4.78, 5) is 39.0. The number of para-hydroxylation sites is 2. The predicted octanol–water partition coefficient (Wildman–Crippen LogP) is 2.59. The van der Waals surface area contributed by atoms with Crippen LogP contribution in [0.15, 0.2) is 53.3 Å². The van der Waals surface area contributed by atoms with E-state index in [-0.39, 0.29) is 24.0 Å². The Hall–Kier alpha value is -3.35. The molecule has 1 N–H and O–H groups in total. The Kier molecular flexibility index (Phi) is 4.73. The number of aromatic nitrogens is 2. The number of aryl methyl sites for hydroxylation is 1. The van der Waals surface area contributed by atoms with Crippen LogP contribution in [0.4, 0.5) is 11.4 Å². The molecular weight excluding hydrogens is 356 g/mol. The summed E-state index contributed by atoms with van der Waals surface area (Å²) in [5.74, 6) is -0.187. The predicted molar refractivity (Wildman–Crippen MR) is 109 cm³/mol. The highest BCUT2D eigenvalue weighted by atomic mass is 16.2. The van der Waals surface area contributed by atoms with Crippen LogP contribution in [-0.4, -0.2) is 27.5 Å². The third kappa shape index (κ3) is 3.19. The molecule has 1 aliphatic rings. The number of carbonyl (C=O) groups excluding carboxylic acids is 2. The van der Waals surface area contributed by atoms with Gasteiger partial charge in [-0.05, 0) is 43.7 Å². The lowest BCUT2D eigenvalue weighted by molar-refractivity contribution is -0.117. The smallest absolute Gasteiger partial charge is 0.324 e. The normalized spacial score (nSPS) is 14.0. The Morgan fingerprint density at radius 1 is 1.04 bits per heavy atom. The van der Waals surface area contributed by atoms with Gasteiger partial charge in [0.15, 0.2) is 0 Å². The van der Waals surface area contributed by atoms with Gasteiger partial charge in [0.1, 0.15) is 6.54 Å². The third-order valence-electron chi connectivity index (χ3n) is 5.06. The highest BCUT2D eigenvalue weighted by Crippen LogP contribution is 2.24. The van der Waals surface area contributed by atoms with Gasteiger partial charge in [-0.15, -0.1) is 0 Å². The molecule has 7 nitrogen and oxygen atoms in total. The number of carbonyl (C=O) groups is 2. The van der Waals surface area contributed by atoms with Gasteiger partial charge in [0.05, 0.1) is 11.0 Å². The fourth-order valence-electron chi connectivity index (χ4n) is 3.75. The maximum absolute atomic E-state index is 12.7. The fraction of sp³-hybridized carbons (Fsp3) is 0.286. The van der Waals surface area contributed by atoms with Crippen LogP contribution in [0.5, 0.6) is 0 Å². The van der Waals surface area contributed by atoms with E-state index in [9.17, 15) is 14.4 Å². The quantitative estimate of drug-likeness (QED) is 0.741. The molecule has 7 heteroatoms. The van der Waals surface area contributed by atoms with Crippen LogP contribution in [0.3, 0.4) is 0 Å². The topological polar surface area (TPSA) is 76.3 Å². The number of hydrogen-bond donors (Lipinski definition) is 1. The summed E-state index contributed by atoms with van der Waals surface area (Å²) < 4.78 is 3.14. The van der Waals surface area contributed by atoms with Crippen LogP contribution in [0.1, 0.15) is 19.8 Å². The zero-order chi connectivity index (χ0) is 19.7. The van der Waals surface area contributed by atoms with Gasteiger partial charge in [-0.25, -0.2) is 4.79 Å². The number of nitrogens with zero attached hydrogens (tertiary/aromatic N) is 3. The van der Waals surface area contributed by atoms with Crippen LogP contribution in [-0.2, 0) is 22.7 Å². The minimum absolute atomic E-state index is 0.0702. The Morgan fingerprint density at radius 3 is 2.46 bits per heavy atom. The van der Waals surface area contributed by atoms with Gasteiger partial charge in [0, 0.05) is 30.9 Å². The van der Waals surface area contributed by atoms with Crippen molar-refractivity contribution in [3.8, 4) is 0 Å². The van der Waals surface area contributed by atoms with Crippen LogP contribution in [0.2, 0.25) is 0 Å². The van der Waals surface area contributed by atoms with Crippen molar-refractivity contribution in [2.45, 2.75) is 32.9 Å². The molecule has 0 aliphatic carbocycles. The zero-order valence-electron chi connectivity index (χ0n) is 15.7. The Morgan fingerprint density at radius 2 is 1.79 bits per heavy atom. The molecule has 2 heterocycles. The van der Waals surface area contributed by atoms with Gasteiger partial charge in [0.2, 0.25) is 11.8 Å². The van der Waals surface area contributed by atoms with Crippen LogP contribution < -0.4 is 15.9 Å². The van der Waals surface area contributed by atoms with E-state index in [0.717, 1.165) is 23.1 Å². The van der Waals surface area contributed by atoms with E-state index in [4.69, 9.17) is 0 Å². The number of amides is 2. The van der Waals surface area contributed by atoms with Gasteiger partial charge >= 0.3 is 5.69 Å². The lowest BCUT2D eigenvalue weighted by Gasteiger charge is -2.16. The van der Waals surface area contributed by atoms with E-state index < -0.39 is 0 Å². The standard InChI is InChI=1S/C21H22N4O3/c1-2-23-17-9-3-4-10-18(17)25(21(23)28)14-19(26)22-15-7-5-8-16(13-15)24-12-6-11-20(24)27/h3-5,7-10,13H,2,6,11-12,14H2,1H3,(H,22,26). The number of hydrogen-bond acceptors (Lipinski definition) is 3. The molecule has 0 unspecified atom stereocenters. The first-order chi connectivity index (χ1) is 13.6. The molecule has 0 radical (unpaired) electrons. The Labute approximate surface area is 162 Å². The Bertz CT molecular complexity index is 1110. The second-order valence-corrected chi connectivity index (χ2v) is 6.85. The fourth-order valence-corrected chi connectivity index (χ4v) is 3.75. The zero-order valence-corrected chi connectivity index (χ0v) is 15.7. The number of benzene rings is 2. The monoisotopic (exact) mass is 378 g/mol. The molecule has 1 saturated heterocycles. The second-order valence-electron chi connectivity index (χ2n) is 6.85. The molecular formula is C21H22N4O3. The second kappa shape index (κ2) is 7.34. The van der Waals surface area contributed by atoms with Crippen molar-refractivity contribution in [2.24, 2.45) is 0 Å². The van der Waals surface area contributed by atoms with Crippen LogP contribution in [0.25, 0.3) is 11.0 Å². The first-order valence-electron chi connectivity index (χ1n) is 9.47. The SMILES string of the molecule is CCn1c(=O)n(CC(=O)Nc2cccc(N3CCCC3=O)c2)c2ccccc21. The highest BCUT2D eigenvalue weighted by Gasteiger charge is 2.22. The van der Waals surface area contributed by atoms with Crippen molar-refractivity contribution in [3.63, 3.8) is 0 Å². The molecule has 144 valence electrons. The molecule has 3 aromatic rings. The number of imidazole rings is 1. The highest BCUT2D eigenvalue weighted by molar-refractivity contribution is 5.97. The summed E-state index contributed by atoms with van der Waals surface area (Å²) in [6, 6.07) is 14.7. The van der Waals surface area contributed by atoms with Gasteiger partial charge < -0.3 is 10.2 Å². The van der Waals surface area contributed by atoms with Gasteiger partial charge in [0.25, 0.3) is 0 Å². The summed E-state index contributed by atoms with van der Waals surface area (Å²) in [7, 11) is 0. The molecule has 2 amide bonds. The van der Waals surface area contributed by atoms with Crippen molar-refractivity contribution < 1.29 is 9.59 Å². The van der Waals surface area contributed by atoms with Crippen molar-refractivity contribution in [3.05, 3.63) is 59.0 Å². The van der Waals surface area contributed by atoms with Crippen LogP contribution in [0, 0.1) is 0 Å². The van der Waals surface area contributed by atoms with Crippen molar-refractivity contribution in [1.29, 1.82) is 0 Å². The number of fused-ring (bicyclic) bond motifs is 1. The molecule has 0 atom stereocenters. The third-order valence-corrected chi connectivity index (χ3v) is 5.06. The van der Waals surface area contributed by atoms with Gasteiger partial charge in [-0.2, -0.15) is 0 Å². The Balaban J connectivity index is 1.56. The van der Waals surface area contributed by atoms with Crippen molar-refractivity contribution >= 4 is 34.2 Å². The number of anilines is 2. The first-order valence-corrected chi connectivity index (χ1v) is 9.47. The molecule has 2 aromatic carbocycles. The average Bonchev–Trinajstić information content (AvgIpc) is 3.23. The van der Waals surface area contributed by atoms with E-state index in [2.05, 4.69) is 5.32 Å². The van der Waals surface area contributed by atoms with Crippen LogP contribution >= 0.6 is 0 Å². The lowest BCUT2D eigenvalue weighted by atomic mass is 10.2. The number of rotatable bonds is 5. The largest absolute Gasteiger partial charge is 0.329 e. The van der Waals surface area contributed by atoms with E-state index in [1.165, 1.54) is 4.57 Å². The lowest BCUT2D eigenvalue weighted by Crippen LogP contribution is -2.29. The van der Waals surface area contributed by atoms with E-state index >= 15 is 0 Å². The average molecular weight is 378 g/mol. The van der Waals surface area contributed by atoms with E-state index in [1.807, 2.05) is 43.3 Å². The molecule has 0 saturated carbocycles. The number of nitrogens with one attached hydrogen (secondary N) is 1. The van der Waals surface area contributed by atoms with Gasteiger partial charge in [-0.3, -0.25) is 18.7 Å². The summed E-state index contributed by atoms with van der Waals surface area (Å²) >= 11 is 0. The maximum Gasteiger partial charge on any atom is 0.329 e. The molecule has 4 rings (SSSR count). The molecule has 1 aliphatic heterocycles. The van der Waals surface area contributed by atoms with E-state index in [0.29, 0.717) is 25.2 Å². The van der Waals surface area contributed by atoms with Crippen molar-refractivity contribution in [1.82, 2.24) is 9.13 Å². The molecule has 1 fully saturated rings. The summed E-state index contributed by atoms with van der Waals surface area (Å²) in [5, 5.41) is 2.84. The summed E-state index contributed by atoms with van der Waals surface area (Å²) in [5.41, 5.74) is 2.74. The molecule has 28 heavy (non-hydrogen) atoms. The minimum atomic E-state index is -0.286. The maximum atomic E-state index is 12.7. The molecule has 0 bridgehead atoms. The van der Waals surface area contributed by atoms with Crippen molar-refractivity contribution in [2.75, 3.05) is 16.8 Å². The van der Waals surface area contributed by atoms with E-state index in [1.54, 1.807) is 21.6 Å². The summed E-state index contributed by atoms with van der Waals surface area (Å²) in [6.07, 6.45) is 1.40. The molecule has 0 spiro atoms.